The van der Waals surface area contributed by atoms with Gasteiger partial charge < -0.3 is 20.5 Å². The summed E-state index contributed by atoms with van der Waals surface area (Å²) in [5, 5.41) is 26.5. The largest absolute Gasteiger partial charge is 0.495 e. The molecule has 1 fully saturated rings. The number of nitrogens with one attached hydrogen (secondary N) is 2. The molecule has 1 amide bonds. The van der Waals surface area contributed by atoms with Crippen molar-refractivity contribution in [1.82, 2.24) is 5.32 Å². The van der Waals surface area contributed by atoms with Gasteiger partial charge in [0.2, 0.25) is 5.91 Å². The number of nitrogens with zero attached hydrogens (tertiary/aromatic N) is 1. The van der Waals surface area contributed by atoms with E-state index in [9.17, 15) is 15.2 Å². The number of rotatable bonds is 7. The second kappa shape index (κ2) is 11.9. The maximum Gasteiger partial charge on any atom is 0.242 e. The van der Waals surface area contributed by atoms with Crippen LogP contribution in [-0.4, -0.2) is 30.2 Å². The lowest BCUT2D eigenvalue weighted by molar-refractivity contribution is -0.118. The fourth-order valence-electron chi connectivity index (χ4n) is 5.70. The van der Waals surface area contributed by atoms with Crippen molar-refractivity contribution in [2.45, 2.75) is 57.2 Å². The molecule has 10 heteroatoms. The lowest BCUT2D eigenvalue weighted by Crippen LogP contribution is -2.45. The lowest BCUT2D eigenvalue weighted by atomic mass is 9.62. The number of halogens is 4. The second-order valence-corrected chi connectivity index (χ2v) is 12.2. The van der Waals surface area contributed by atoms with Gasteiger partial charge in [0.05, 0.1) is 36.5 Å². The van der Waals surface area contributed by atoms with Crippen LogP contribution in [0, 0.1) is 28.4 Å². The normalized spacial score (nSPS) is 22.3. The van der Waals surface area contributed by atoms with Crippen LogP contribution in [0.25, 0.3) is 0 Å². The summed E-state index contributed by atoms with van der Waals surface area (Å²) in [6.07, 6.45) is 0.347. The number of nitriles is 1. The number of anilines is 1. The van der Waals surface area contributed by atoms with Crippen molar-refractivity contribution < 1.29 is 23.4 Å². The Morgan fingerprint density at radius 1 is 1.17 bits per heavy atom. The predicted octanol–water partition coefficient (Wildman–Crippen LogP) is 6.73. The van der Waals surface area contributed by atoms with Crippen molar-refractivity contribution in [1.29, 1.82) is 5.26 Å². The molecule has 0 aromatic heterocycles. The summed E-state index contributed by atoms with van der Waals surface area (Å²) < 4.78 is 36.9. The number of aliphatic hydroxyl groups excluding tert-OH is 1. The van der Waals surface area contributed by atoms with E-state index >= 15 is 8.78 Å². The van der Waals surface area contributed by atoms with Crippen molar-refractivity contribution in [3.8, 4) is 11.8 Å². The van der Waals surface area contributed by atoms with Crippen LogP contribution in [0.1, 0.15) is 49.8 Å². The molecule has 3 N–H and O–H groups in total. The number of methoxy groups -OCH3 is 1. The van der Waals surface area contributed by atoms with Gasteiger partial charge >= 0.3 is 0 Å². The highest BCUT2D eigenvalue weighted by Crippen LogP contribution is 2.53. The van der Waals surface area contributed by atoms with E-state index < -0.39 is 41.0 Å². The van der Waals surface area contributed by atoms with Crippen LogP contribution in [0.5, 0.6) is 5.75 Å². The molecular weight excluding hydrogens is 571 g/mol. The van der Waals surface area contributed by atoms with Gasteiger partial charge in [0.1, 0.15) is 22.8 Å². The molecule has 3 aromatic rings. The van der Waals surface area contributed by atoms with E-state index in [0.29, 0.717) is 23.4 Å². The van der Waals surface area contributed by atoms with Gasteiger partial charge in [0.25, 0.3) is 0 Å². The summed E-state index contributed by atoms with van der Waals surface area (Å²) in [6.45, 7) is 5.66. The van der Waals surface area contributed by atoms with E-state index in [4.69, 9.17) is 27.9 Å². The number of carbonyl (C=O) groups excluding carboxylic acids is 1. The van der Waals surface area contributed by atoms with Crippen LogP contribution in [0.15, 0.2) is 54.6 Å². The number of amides is 1. The van der Waals surface area contributed by atoms with Crippen molar-refractivity contribution in [3.05, 3.63) is 93.0 Å². The molecule has 1 aliphatic heterocycles. The van der Waals surface area contributed by atoms with Crippen molar-refractivity contribution in [2.75, 3.05) is 12.4 Å². The first-order valence-electron chi connectivity index (χ1n) is 13.0. The Morgan fingerprint density at radius 2 is 1.90 bits per heavy atom. The maximum absolute atomic E-state index is 15.8. The van der Waals surface area contributed by atoms with Crippen LogP contribution >= 0.6 is 23.2 Å². The first-order valence-corrected chi connectivity index (χ1v) is 13.8. The fraction of sp³-hybridized carbons (Fsp3) is 0.355. The molecule has 41 heavy (non-hydrogen) atoms. The van der Waals surface area contributed by atoms with Gasteiger partial charge in [-0.15, -0.1) is 0 Å². The van der Waals surface area contributed by atoms with E-state index in [1.54, 1.807) is 18.2 Å². The van der Waals surface area contributed by atoms with E-state index in [1.165, 1.54) is 37.4 Å². The molecule has 0 bridgehead atoms. The molecule has 216 valence electrons. The summed E-state index contributed by atoms with van der Waals surface area (Å²) in [7, 11) is 1.42. The number of carbonyl (C=O) groups is 1. The molecule has 0 unspecified atom stereocenters. The number of benzene rings is 3. The van der Waals surface area contributed by atoms with Crippen LogP contribution in [-0.2, 0) is 16.8 Å². The first-order chi connectivity index (χ1) is 19.4. The van der Waals surface area contributed by atoms with Gasteiger partial charge in [0.15, 0.2) is 0 Å². The second-order valence-electron chi connectivity index (χ2n) is 11.4. The number of hydrogen-bond donors (Lipinski definition) is 3. The molecule has 1 aliphatic rings. The summed E-state index contributed by atoms with van der Waals surface area (Å²) in [4.78, 5) is 14.0. The first kappa shape index (κ1) is 30.7. The van der Waals surface area contributed by atoms with Crippen molar-refractivity contribution in [3.63, 3.8) is 0 Å². The predicted molar refractivity (Wildman–Crippen MR) is 155 cm³/mol. The number of hydrogen-bond acceptors (Lipinski definition) is 5. The van der Waals surface area contributed by atoms with Crippen molar-refractivity contribution >= 4 is 34.8 Å². The Kier molecular flexibility index (Phi) is 8.95. The molecule has 4 rings (SSSR count). The zero-order valence-corrected chi connectivity index (χ0v) is 24.6. The molecule has 0 aliphatic carbocycles. The van der Waals surface area contributed by atoms with Crippen LogP contribution < -0.4 is 15.4 Å². The molecule has 0 saturated carbocycles. The third kappa shape index (κ3) is 5.91. The average molecular weight is 603 g/mol. The van der Waals surface area contributed by atoms with Crippen LogP contribution in [0.2, 0.25) is 10.0 Å². The summed E-state index contributed by atoms with van der Waals surface area (Å²) in [6, 6.07) is 13.5. The Hall–Kier alpha value is -3.22. The summed E-state index contributed by atoms with van der Waals surface area (Å²) in [5.41, 5.74) is -1.23. The third-order valence-corrected chi connectivity index (χ3v) is 7.96. The highest BCUT2D eigenvalue weighted by atomic mass is 35.5. The zero-order chi connectivity index (χ0) is 30.1. The lowest BCUT2D eigenvalue weighted by Gasteiger charge is -2.37. The highest BCUT2D eigenvalue weighted by Gasteiger charge is 2.61. The average Bonchev–Trinajstić information content (AvgIpc) is 3.23. The van der Waals surface area contributed by atoms with Gasteiger partial charge in [-0.3, -0.25) is 4.79 Å². The monoisotopic (exact) mass is 601 g/mol. The zero-order valence-electron chi connectivity index (χ0n) is 23.1. The van der Waals surface area contributed by atoms with Gasteiger partial charge in [-0.1, -0.05) is 68.2 Å². The molecular formula is C31H31Cl2F2N3O3. The van der Waals surface area contributed by atoms with Crippen LogP contribution in [0.3, 0.4) is 0 Å². The molecule has 1 saturated heterocycles. The molecule has 1 heterocycles. The third-order valence-electron chi connectivity index (χ3n) is 7.44. The molecule has 0 radical (unpaired) electrons. The minimum absolute atomic E-state index is 0.0000487. The number of aliphatic hydroxyl groups is 1. The van der Waals surface area contributed by atoms with Gasteiger partial charge in [0, 0.05) is 22.5 Å². The topological polar surface area (TPSA) is 94.4 Å². The number of ether oxygens (including phenoxy) is 1. The smallest absolute Gasteiger partial charge is 0.242 e. The standard InChI is InChI=1S/C31H31Cl2F2N3O3/c1-30(2,3)14-25-31(16-36,20-10-9-18(32)13-22(20)34)26(19-6-5-7-21(33)27(19)35)28(38-25)29(40)37-23-11-8-17(15-39)12-24(23)41-4/h5-13,25-26,28,38-39H,14-15H2,1-4H3,(H,37,40)/t25-,26-,28+,31-/m0/s1. The highest BCUT2D eigenvalue weighted by molar-refractivity contribution is 6.31. The van der Waals surface area contributed by atoms with Crippen LogP contribution in [0.4, 0.5) is 14.5 Å². The minimum Gasteiger partial charge on any atom is -0.495 e. The Labute approximate surface area is 248 Å². The molecule has 4 atom stereocenters. The Bertz CT molecular complexity index is 1500. The maximum atomic E-state index is 15.8. The van der Waals surface area contributed by atoms with E-state index in [0.717, 1.165) is 6.07 Å². The quantitative estimate of drug-likeness (QED) is 0.279. The fourth-order valence-corrected chi connectivity index (χ4v) is 6.05. The van der Waals surface area contributed by atoms with Crippen molar-refractivity contribution in [2.24, 2.45) is 5.41 Å². The summed E-state index contributed by atoms with van der Waals surface area (Å²) >= 11 is 12.3. The molecule has 6 nitrogen and oxygen atoms in total. The van der Waals surface area contributed by atoms with Gasteiger partial charge in [-0.2, -0.15) is 5.26 Å². The van der Waals surface area contributed by atoms with E-state index in [-0.39, 0.29) is 33.2 Å². The Morgan fingerprint density at radius 3 is 2.51 bits per heavy atom. The SMILES string of the molecule is COc1cc(CO)ccc1NC(=O)[C@@H]1N[C@@H](CC(C)(C)C)[C@](C#N)(c2ccc(Cl)cc2F)[C@H]1c1cccc(Cl)c1F. The molecule has 0 spiro atoms. The van der Waals surface area contributed by atoms with E-state index in [2.05, 4.69) is 16.7 Å². The van der Waals surface area contributed by atoms with Gasteiger partial charge in [-0.05, 0) is 53.3 Å². The summed E-state index contributed by atoms with van der Waals surface area (Å²) in [5.74, 6) is -3.02. The minimum atomic E-state index is -1.74. The molecule has 3 aromatic carbocycles. The van der Waals surface area contributed by atoms with E-state index in [1.807, 2.05) is 20.8 Å². The van der Waals surface area contributed by atoms with Gasteiger partial charge in [-0.25, -0.2) is 8.78 Å². The Balaban J connectivity index is 1.95.